The molecule has 1 heterocycles. The zero-order chi connectivity index (χ0) is 31.3. The van der Waals surface area contributed by atoms with E-state index in [1.54, 1.807) is 0 Å². The Morgan fingerprint density at radius 1 is 1.00 bits per heavy atom. The number of hydrogen-bond donors (Lipinski definition) is 0. The van der Waals surface area contributed by atoms with E-state index in [1.807, 2.05) is 30.3 Å². The SMILES string of the molecule is CO[C@@H](C(=O)N1C(=O)OC[C@H]1Cc1ccccc1)[C@@H](O[Si](C(C)C)(C(C)C)C(C)C)[C@H](C)CO[Si](C)(C)C(C)(C)C. The van der Waals surface area contributed by atoms with E-state index in [-0.39, 0.29) is 17.6 Å². The van der Waals surface area contributed by atoms with Crippen molar-refractivity contribution < 1.29 is 27.9 Å². The van der Waals surface area contributed by atoms with E-state index >= 15 is 0 Å². The smallest absolute Gasteiger partial charge is 0.417 e. The van der Waals surface area contributed by atoms with Crippen LogP contribution in [0.2, 0.25) is 34.8 Å². The van der Waals surface area contributed by atoms with Crippen LogP contribution in [0.3, 0.4) is 0 Å². The first kappa shape index (κ1) is 35.7. The molecule has 0 radical (unpaired) electrons. The van der Waals surface area contributed by atoms with Crippen molar-refractivity contribution in [3.63, 3.8) is 0 Å². The average molecular weight is 608 g/mol. The summed E-state index contributed by atoms with van der Waals surface area (Å²) in [6.45, 7) is 27.2. The molecule has 1 aromatic rings. The number of cyclic esters (lactones) is 1. The van der Waals surface area contributed by atoms with E-state index in [0.717, 1.165) is 5.56 Å². The fourth-order valence-corrected chi connectivity index (χ4v) is 12.8. The van der Waals surface area contributed by atoms with Crippen LogP contribution in [0, 0.1) is 5.92 Å². The molecule has 234 valence electrons. The van der Waals surface area contributed by atoms with Crippen molar-refractivity contribution in [2.24, 2.45) is 5.92 Å². The van der Waals surface area contributed by atoms with Gasteiger partial charge in [0.2, 0.25) is 8.32 Å². The molecule has 0 bridgehead atoms. The van der Waals surface area contributed by atoms with Crippen molar-refractivity contribution >= 4 is 28.6 Å². The molecule has 0 saturated carbocycles. The molecule has 2 rings (SSSR count). The van der Waals surface area contributed by atoms with E-state index in [0.29, 0.717) is 29.7 Å². The summed E-state index contributed by atoms with van der Waals surface area (Å²) in [5.74, 6) is -0.549. The molecule has 9 heteroatoms. The zero-order valence-electron chi connectivity index (χ0n) is 27.9. The highest BCUT2D eigenvalue weighted by Gasteiger charge is 2.52. The van der Waals surface area contributed by atoms with Crippen LogP contribution in [-0.4, -0.2) is 72.1 Å². The number of amides is 2. The first-order chi connectivity index (χ1) is 18.9. The second-order valence-corrected chi connectivity index (χ2v) is 24.4. The van der Waals surface area contributed by atoms with Crippen LogP contribution in [0.5, 0.6) is 0 Å². The Balaban J connectivity index is 2.51. The Morgan fingerprint density at radius 3 is 2.00 bits per heavy atom. The van der Waals surface area contributed by atoms with Gasteiger partial charge in [-0.15, -0.1) is 0 Å². The summed E-state index contributed by atoms with van der Waals surface area (Å²) in [7, 11) is -2.95. The molecule has 0 aliphatic carbocycles. The minimum absolute atomic E-state index is 0.0514. The van der Waals surface area contributed by atoms with Crippen molar-refractivity contribution in [2.45, 2.75) is 129 Å². The van der Waals surface area contributed by atoms with Crippen LogP contribution < -0.4 is 0 Å². The van der Waals surface area contributed by atoms with E-state index in [4.69, 9.17) is 18.3 Å². The molecule has 0 aromatic heterocycles. The van der Waals surface area contributed by atoms with Crippen LogP contribution in [-0.2, 0) is 29.5 Å². The molecule has 1 aliphatic rings. The fourth-order valence-electron chi connectivity index (χ4n) is 6.05. The third-order valence-corrected chi connectivity index (χ3v) is 20.0. The number of ether oxygens (including phenoxy) is 2. The van der Waals surface area contributed by atoms with Gasteiger partial charge in [0.1, 0.15) is 6.61 Å². The summed E-state index contributed by atoms with van der Waals surface area (Å²) < 4.78 is 25.4. The summed E-state index contributed by atoms with van der Waals surface area (Å²) in [6.07, 6.45) is -1.66. The maximum Gasteiger partial charge on any atom is 0.417 e. The first-order valence-corrected chi connectivity index (χ1v) is 20.3. The highest BCUT2D eigenvalue weighted by molar-refractivity contribution is 6.77. The Hall–Kier alpha value is -1.53. The molecule has 41 heavy (non-hydrogen) atoms. The van der Waals surface area contributed by atoms with Gasteiger partial charge in [0.05, 0.1) is 12.1 Å². The number of rotatable bonds is 14. The molecule has 1 saturated heterocycles. The topological polar surface area (TPSA) is 74.3 Å². The minimum Gasteiger partial charge on any atom is -0.447 e. The first-order valence-electron chi connectivity index (χ1n) is 15.3. The molecule has 2 amide bonds. The van der Waals surface area contributed by atoms with Crippen LogP contribution >= 0.6 is 0 Å². The number of carbonyl (C=O) groups excluding carboxylic acids is 2. The number of carbonyl (C=O) groups is 2. The van der Waals surface area contributed by atoms with Crippen molar-refractivity contribution in [3.05, 3.63) is 35.9 Å². The lowest BCUT2D eigenvalue weighted by Gasteiger charge is -2.47. The lowest BCUT2D eigenvalue weighted by Crippen LogP contribution is -2.59. The third-order valence-electron chi connectivity index (χ3n) is 9.43. The number of imide groups is 1. The molecule has 1 fully saturated rings. The van der Waals surface area contributed by atoms with Gasteiger partial charge in [-0.05, 0) is 46.7 Å². The average Bonchev–Trinajstić information content (AvgIpc) is 3.23. The van der Waals surface area contributed by atoms with E-state index in [1.165, 1.54) is 12.0 Å². The van der Waals surface area contributed by atoms with Crippen LogP contribution in [0.15, 0.2) is 30.3 Å². The molecule has 0 N–H and O–H groups in total. The number of hydrogen-bond acceptors (Lipinski definition) is 6. The van der Waals surface area contributed by atoms with Gasteiger partial charge in [0.15, 0.2) is 14.4 Å². The molecular weight excluding hydrogens is 551 g/mol. The molecule has 0 spiro atoms. The Labute approximate surface area is 251 Å². The second-order valence-electron chi connectivity index (χ2n) is 14.2. The van der Waals surface area contributed by atoms with E-state index in [2.05, 4.69) is 82.3 Å². The number of benzene rings is 1. The van der Waals surface area contributed by atoms with Gasteiger partial charge in [0, 0.05) is 19.6 Å². The Morgan fingerprint density at radius 2 is 1.54 bits per heavy atom. The maximum atomic E-state index is 14.3. The molecule has 1 aromatic carbocycles. The van der Waals surface area contributed by atoms with E-state index < -0.39 is 46.9 Å². The number of nitrogens with zero attached hydrogens (tertiary/aromatic N) is 1. The molecule has 4 atom stereocenters. The normalized spacial score (nSPS) is 19.2. The Bertz CT molecular complexity index is 970. The van der Waals surface area contributed by atoms with Crippen molar-refractivity contribution in [1.82, 2.24) is 4.90 Å². The van der Waals surface area contributed by atoms with Crippen LogP contribution in [0.4, 0.5) is 4.79 Å². The largest absolute Gasteiger partial charge is 0.447 e. The van der Waals surface area contributed by atoms with Gasteiger partial charge in [0.25, 0.3) is 5.91 Å². The Kier molecular flexibility index (Phi) is 12.4. The molecular formula is C32H57NO6Si2. The van der Waals surface area contributed by atoms with Crippen molar-refractivity contribution in [1.29, 1.82) is 0 Å². The number of methoxy groups -OCH3 is 1. The standard InChI is InChI=1S/C32H57NO6Si2/c1-22(2)41(23(3)4,24(5)6)39-28(25(7)20-38-40(12,13)32(8,9)10)29(36-11)30(34)33-27(21-37-31(33)35)19-26-17-15-14-16-18-26/h14-18,22-25,27-29H,19-21H2,1-13H3/t25-,27-,28+,29-/m1/s1. The predicted molar refractivity (Wildman–Crippen MR) is 171 cm³/mol. The summed E-state index contributed by atoms with van der Waals surface area (Å²) in [5.41, 5.74) is 1.98. The maximum absolute atomic E-state index is 14.3. The van der Waals surface area contributed by atoms with Crippen LogP contribution in [0.25, 0.3) is 0 Å². The highest BCUT2D eigenvalue weighted by Crippen LogP contribution is 2.45. The summed E-state index contributed by atoms with van der Waals surface area (Å²) in [5, 5.41) is 0.0514. The summed E-state index contributed by atoms with van der Waals surface area (Å²) in [6, 6.07) is 9.46. The molecule has 0 unspecified atom stereocenters. The fraction of sp³-hybridized carbons (Fsp3) is 0.750. The van der Waals surface area contributed by atoms with E-state index in [9.17, 15) is 9.59 Å². The van der Waals surface area contributed by atoms with Gasteiger partial charge in [-0.1, -0.05) is 99.6 Å². The van der Waals surface area contributed by atoms with Gasteiger partial charge >= 0.3 is 6.09 Å². The van der Waals surface area contributed by atoms with Gasteiger partial charge in [-0.3, -0.25) is 4.79 Å². The summed E-state index contributed by atoms with van der Waals surface area (Å²) >= 11 is 0. The van der Waals surface area contributed by atoms with Crippen molar-refractivity contribution in [2.75, 3.05) is 20.3 Å². The second kappa shape index (κ2) is 14.3. The van der Waals surface area contributed by atoms with Gasteiger partial charge in [-0.2, -0.15) is 0 Å². The van der Waals surface area contributed by atoms with Crippen LogP contribution in [0.1, 0.15) is 74.8 Å². The van der Waals surface area contributed by atoms with Gasteiger partial charge < -0.3 is 18.3 Å². The third kappa shape index (κ3) is 8.10. The highest BCUT2D eigenvalue weighted by atomic mass is 28.4. The molecule has 7 nitrogen and oxygen atoms in total. The quantitative estimate of drug-likeness (QED) is 0.201. The van der Waals surface area contributed by atoms with Crippen molar-refractivity contribution in [3.8, 4) is 0 Å². The molecule has 1 aliphatic heterocycles. The summed E-state index contributed by atoms with van der Waals surface area (Å²) in [4.78, 5) is 28.5. The van der Waals surface area contributed by atoms with Gasteiger partial charge in [-0.25, -0.2) is 9.69 Å². The lowest BCUT2D eigenvalue weighted by atomic mass is 9.98. The minimum atomic E-state index is -2.44. The monoisotopic (exact) mass is 607 g/mol. The lowest BCUT2D eigenvalue weighted by molar-refractivity contribution is -0.149. The zero-order valence-corrected chi connectivity index (χ0v) is 29.9. The predicted octanol–water partition coefficient (Wildman–Crippen LogP) is 7.81.